The van der Waals surface area contributed by atoms with E-state index in [4.69, 9.17) is 0 Å². The molecular formula is C21H32O4. The van der Waals surface area contributed by atoms with Crippen LogP contribution in [0.2, 0.25) is 0 Å². The molecule has 0 saturated heterocycles. The molecular weight excluding hydrogens is 316 g/mol. The lowest BCUT2D eigenvalue weighted by Gasteiger charge is -2.56. The minimum atomic E-state index is -0.682. The second-order valence-corrected chi connectivity index (χ2v) is 9.91. The number of carbonyl (C=O) groups excluding carboxylic acids is 2. The quantitative estimate of drug-likeness (QED) is 0.805. The lowest BCUT2D eigenvalue weighted by molar-refractivity contribution is -0.150. The maximum Gasteiger partial charge on any atom is 0.161 e. The second-order valence-electron chi connectivity index (χ2n) is 9.91. The molecule has 0 radical (unpaired) electrons. The van der Waals surface area contributed by atoms with Gasteiger partial charge in [-0.2, -0.15) is 0 Å². The van der Waals surface area contributed by atoms with Crippen LogP contribution < -0.4 is 0 Å². The second kappa shape index (κ2) is 5.88. The molecule has 0 amide bonds. The third-order valence-electron chi connectivity index (χ3n) is 8.63. The van der Waals surface area contributed by atoms with E-state index in [0.717, 1.165) is 38.5 Å². The molecule has 1 unspecified atom stereocenters. The first-order valence-electron chi connectivity index (χ1n) is 10.2. The third kappa shape index (κ3) is 2.63. The Morgan fingerprint density at radius 2 is 1.80 bits per heavy atom. The summed E-state index contributed by atoms with van der Waals surface area (Å²) in [4.78, 5) is 25.2. The minimum Gasteiger partial charge on any atom is -0.390 e. The first-order valence-corrected chi connectivity index (χ1v) is 10.2. The molecule has 0 aromatic rings. The van der Waals surface area contributed by atoms with Gasteiger partial charge in [0.2, 0.25) is 0 Å². The molecule has 140 valence electrons. The Bertz CT molecular complexity index is 582. The summed E-state index contributed by atoms with van der Waals surface area (Å²) in [5.41, 5.74) is -0.715. The van der Waals surface area contributed by atoms with E-state index < -0.39 is 5.60 Å². The van der Waals surface area contributed by atoms with Crippen LogP contribution in [0.15, 0.2) is 0 Å². The van der Waals surface area contributed by atoms with Crippen LogP contribution in [0.5, 0.6) is 0 Å². The van der Waals surface area contributed by atoms with Crippen molar-refractivity contribution in [2.45, 2.75) is 70.8 Å². The molecule has 0 aromatic carbocycles. The molecule has 0 aromatic heterocycles. The van der Waals surface area contributed by atoms with E-state index in [1.54, 1.807) is 0 Å². The zero-order chi connectivity index (χ0) is 18.0. The van der Waals surface area contributed by atoms with Gasteiger partial charge in [-0.1, -0.05) is 6.92 Å². The van der Waals surface area contributed by atoms with E-state index in [1.807, 2.05) is 6.92 Å². The fourth-order valence-corrected chi connectivity index (χ4v) is 7.44. The molecule has 4 saturated carbocycles. The molecule has 4 heteroatoms. The first kappa shape index (κ1) is 17.7. The van der Waals surface area contributed by atoms with Crippen molar-refractivity contribution in [3.05, 3.63) is 0 Å². The van der Waals surface area contributed by atoms with Gasteiger partial charge in [-0.25, -0.2) is 0 Å². The molecule has 2 N–H and O–H groups in total. The van der Waals surface area contributed by atoms with Gasteiger partial charge in [-0.3, -0.25) is 9.59 Å². The number of carbonyl (C=O) groups is 2. The predicted octanol–water partition coefficient (Wildman–Crippen LogP) is 2.75. The van der Waals surface area contributed by atoms with Gasteiger partial charge < -0.3 is 10.2 Å². The fourth-order valence-electron chi connectivity index (χ4n) is 7.44. The zero-order valence-electron chi connectivity index (χ0n) is 15.5. The van der Waals surface area contributed by atoms with Gasteiger partial charge in [-0.15, -0.1) is 0 Å². The first-order chi connectivity index (χ1) is 11.8. The van der Waals surface area contributed by atoms with Crippen molar-refractivity contribution in [1.82, 2.24) is 0 Å². The van der Waals surface area contributed by atoms with Gasteiger partial charge in [0, 0.05) is 18.3 Å². The summed E-state index contributed by atoms with van der Waals surface area (Å²) in [6.07, 6.45) is 7.09. The van der Waals surface area contributed by atoms with Crippen molar-refractivity contribution >= 4 is 11.6 Å². The lowest BCUT2D eigenvalue weighted by atomic mass is 9.48. The largest absolute Gasteiger partial charge is 0.390 e. The van der Waals surface area contributed by atoms with Crippen LogP contribution in [-0.4, -0.2) is 34.0 Å². The van der Waals surface area contributed by atoms with Crippen molar-refractivity contribution in [1.29, 1.82) is 0 Å². The van der Waals surface area contributed by atoms with Crippen molar-refractivity contribution in [2.24, 2.45) is 40.9 Å². The van der Waals surface area contributed by atoms with E-state index in [1.165, 1.54) is 0 Å². The van der Waals surface area contributed by atoms with Crippen molar-refractivity contribution in [3.8, 4) is 0 Å². The van der Waals surface area contributed by atoms with Gasteiger partial charge in [0.1, 0.15) is 12.4 Å². The van der Waals surface area contributed by atoms with Crippen LogP contribution in [0.25, 0.3) is 0 Å². The summed E-state index contributed by atoms with van der Waals surface area (Å²) in [7, 11) is 0. The number of fused-ring (bicyclic) bond motifs is 5. The summed E-state index contributed by atoms with van der Waals surface area (Å²) >= 11 is 0. The average Bonchev–Trinajstić information content (AvgIpc) is 2.91. The smallest absolute Gasteiger partial charge is 0.161 e. The van der Waals surface area contributed by atoms with Crippen molar-refractivity contribution < 1.29 is 19.8 Å². The maximum absolute atomic E-state index is 12.9. The van der Waals surface area contributed by atoms with Gasteiger partial charge in [0.15, 0.2) is 5.78 Å². The predicted molar refractivity (Wildman–Crippen MR) is 93.7 cm³/mol. The third-order valence-corrected chi connectivity index (χ3v) is 8.63. The Labute approximate surface area is 150 Å². The van der Waals surface area contributed by atoms with E-state index >= 15 is 0 Å². The molecule has 0 bridgehead atoms. The van der Waals surface area contributed by atoms with Gasteiger partial charge >= 0.3 is 0 Å². The Morgan fingerprint density at radius 3 is 2.52 bits per heavy atom. The molecule has 4 fully saturated rings. The van der Waals surface area contributed by atoms with E-state index in [9.17, 15) is 19.8 Å². The molecule has 4 aliphatic carbocycles. The van der Waals surface area contributed by atoms with Crippen LogP contribution in [0.3, 0.4) is 0 Å². The van der Waals surface area contributed by atoms with Crippen LogP contribution in [0, 0.1) is 40.9 Å². The maximum atomic E-state index is 12.9. The Hall–Kier alpha value is -0.740. The standard InChI is InChI=1S/C21H32O4/c1-20(25)7-5-13-12-6-8-21(2)16(3-4-17(21)19(24)11-22)14(12)9-18(23)15(13)10-20/h12-17,22,25H,3-11H2,1-2H3/t12-,13-,14?,15+,16+,17-,20-,21+/m1/s1. The monoisotopic (exact) mass is 348 g/mol. The zero-order valence-corrected chi connectivity index (χ0v) is 15.5. The lowest BCUT2D eigenvalue weighted by Crippen LogP contribution is -2.54. The Kier molecular flexibility index (Phi) is 4.16. The molecule has 0 spiro atoms. The SMILES string of the molecule is C[C@@]1(O)CC[C@H]2[C@H](C1)C(=O)CC1[C@@H]2CC[C@]2(C)[C@@H](C(=O)CO)CC[C@@H]12. The number of hydrogen-bond donors (Lipinski definition) is 2. The van der Waals surface area contributed by atoms with Crippen molar-refractivity contribution in [3.63, 3.8) is 0 Å². The van der Waals surface area contributed by atoms with E-state index in [0.29, 0.717) is 42.3 Å². The van der Waals surface area contributed by atoms with Crippen LogP contribution in [-0.2, 0) is 9.59 Å². The molecule has 0 aliphatic heterocycles. The summed E-state index contributed by atoms with van der Waals surface area (Å²) in [5.74, 6) is 2.24. The fraction of sp³-hybridized carbons (Fsp3) is 0.905. The highest BCUT2D eigenvalue weighted by atomic mass is 16.3. The van der Waals surface area contributed by atoms with Gasteiger partial charge in [0.05, 0.1) is 5.60 Å². The summed E-state index contributed by atoms with van der Waals surface area (Å²) in [6.45, 7) is 3.77. The normalized spacial score (nSPS) is 52.2. The number of aliphatic hydroxyl groups excluding tert-OH is 1. The Balaban J connectivity index is 1.59. The highest BCUT2D eigenvalue weighted by molar-refractivity contribution is 5.84. The molecule has 8 atom stereocenters. The molecule has 4 rings (SSSR count). The minimum absolute atomic E-state index is 0.00261. The molecule has 25 heavy (non-hydrogen) atoms. The molecule has 0 heterocycles. The summed E-state index contributed by atoms with van der Waals surface area (Å²) < 4.78 is 0. The van der Waals surface area contributed by atoms with Gasteiger partial charge in [-0.05, 0) is 81.0 Å². The van der Waals surface area contributed by atoms with Crippen LogP contribution in [0.4, 0.5) is 0 Å². The number of ketones is 2. The van der Waals surface area contributed by atoms with Crippen LogP contribution in [0.1, 0.15) is 65.2 Å². The average molecular weight is 348 g/mol. The number of rotatable bonds is 2. The number of aliphatic hydroxyl groups is 2. The van der Waals surface area contributed by atoms with Crippen molar-refractivity contribution in [2.75, 3.05) is 6.61 Å². The van der Waals surface area contributed by atoms with E-state index in [2.05, 4.69) is 6.92 Å². The number of Topliss-reactive ketones (excluding diaryl/α,β-unsaturated/α-hetero) is 2. The van der Waals surface area contributed by atoms with E-state index in [-0.39, 0.29) is 29.6 Å². The highest BCUT2D eigenvalue weighted by Gasteiger charge is 2.60. The number of hydrogen-bond acceptors (Lipinski definition) is 4. The topological polar surface area (TPSA) is 74.6 Å². The highest BCUT2D eigenvalue weighted by Crippen LogP contribution is 2.64. The summed E-state index contributed by atoms with van der Waals surface area (Å²) in [6, 6.07) is 0. The molecule has 4 aliphatic rings. The Morgan fingerprint density at radius 1 is 1.08 bits per heavy atom. The van der Waals surface area contributed by atoms with Crippen LogP contribution >= 0.6 is 0 Å². The van der Waals surface area contributed by atoms with Gasteiger partial charge in [0.25, 0.3) is 0 Å². The molecule has 4 nitrogen and oxygen atoms in total. The summed E-state index contributed by atoms with van der Waals surface area (Å²) in [5, 5.41) is 19.8.